The second kappa shape index (κ2) is 11.7. The van der Waals surface area contributed by atoms with Crippen molar-refractivity contribution in [3.05, 3.63) is 41.5 Å². The van der Waals surface area contributed by atoms with Crippen LogP contribution in [0.2, 0.25) is 0 Å². The molecule has 0 fully saturated rings. The molecule has 2 N–H and O–H groups in total. The normalized spacial score (nSPS) is 10.8. The molecule has 0 atom stereocenters. The maximum atomic E-state index is 12.8. The first-order valence-corrected chi connectivity index (χ1v) is 9.27. The van der Waals surface area contributed by atoms with Crippen molar-refractivity contribution < 1.29 is 36.9 Å². The molecule has 1 amide bonds. The SMILES string of the molecule is COc1c(Oc2ccc(CCN)cc2)cc(C(=O)N(C)CC(F)(F)F)c(OC)c1OC.Cl. The molecule has 0 aliphatic heterocycles. The number of nitrogens with zero attached hydrogens (tertiary/aromatic N) is 1. The third kappa shape index (κ3) is 6.57. The van der Waals surface area contributed by atoms with Crippen LogP contribution in [0.25, 0.3) is 0 Å². The van der Waals surface area contributed by atoms with Crippen molar-refractivity contribution in [1.29, 1.82) is 0 Å². The van der Waals surface area contributed by atoms with Crippen LogP contribution in [-0.2, 0) is 6.42 Å². The Kier molecular flexibility index (Phi) is 9.92. The van der Waals surface area contributed by atoms with Gasteiger partial charge in [-0.05, 0) is 30.7 Å². The minimum Gasteiger partial charge on any atom is -0.492 e. The van der Waals surface area contributed by atoms with Crippen LogP contribution in [-0.4, -0.2) is 58.4 Å². The lowest BCUT2D eigenvalue weighted by Crippen LogP contribution is -2.36. The number of carbonyl (C=O) groups is 1. The van der Waals surface area contributed by atoms with Gasteiger partial charge in [0.25, 0.3) is 5.91 Å². The van der Waals surface area contributed by atoms with Gasteiger partial charge in [-0.25, -0.2) is 0 Å². The Labute approximate surface area is 190 Å². The van der Waals surface area contributed by atoms with E-state index < -0.39 is 18.6 Å². The number of methoxy groups -OCH3 is 3. The maximum Gasteiger partial charge on any atom is 0.406 e. The number of benzene rings is 2. The summed E-state index contributed by atoms with van der Waals surface area (Å²) in [4.78, 5) is 13.3. The number of hydrogen-bond acceptors (Lipinski definition) is 6. The predicted octanol–water partition coefficient (Wildman–Crippen LogP) is 4.06. The molecule has 0 radical (unpaired) electrons. The van der Waals surface area contributed by atoms with Gasteiger partial charge in [-0.2, -0.15) is 13.2 Å². The van der Waals surface area contributed by atoms with Crippen molar-refractivity contribution >= 4 is 18.3 Å². The van der Waals surface area contributed by atoms with Gasteiger partial charge in [0.2, 0.25) is 11.5 Å². The summed E-state index contributed by atoms with van der Waals surface area (Å²) < 4.78 is 60.2. The molecule has 2 aromatic rings. The van der Waals surface area contributed by atoms with E-state index in [1.165, 1.54) is 27.4 Å². The van der Waals surface area contributed by atoms with Crippen LogP contribution in [0, 0.1) is 0 Å². The number of alkyl halides is 3. The number of rotatable bonds is 9. The van der Waals surface area contributed by atoms with Crippen LogP contribution in [0.1, 0.15) is 15.9 Å². The largest absolute Gasteiger partial charge is 0.492 e. The molecule has 0 aromatic heterocycles. The van der Waals surface area contributed by atoms with Gasteiger partial charge in [0.15, 0.2) is 11.5 Å². The topological polar surface area (TPSA) is 83.3 Å². The van der Waals surface area contributed by atoms with Crippen molar-refractivity contribution in [1.82, 2.24) is 4.90 Å². The van der Waals surface area contributed by atoms with Crippen molar-refractivity contribution in [2.45, 2.75) is 12.6 Å². The van der Waals surface area contributed by atoms with E-state index in [0.717, 1.165) is 12.6 Å². The quantitative estimate of drug-likeness (QED) is 0.585. The molecule has 0 unspecified atom stereocenters. The Balaban J connectivity index is 0.00000512. The van der Waals surface area contributed by atoms with E-state index in [1.807, 2.05) is 12.1 Å². The first-order valence-electron chi connectivity index (χ1n) is 9.27. The van der Waals surface area contributed by atoms with Crippen molar-refractivity contribution in [3.8, 4) is 28.7 Å². The molecule has 0 saturated heterocycles. The predicted molar refractivity (Wildman–Crippen MR) is 116 cm³/mol. The zero-order chi connectivity index (χ0) is 23.2. The third-order valence-electron chi connectivity index (χ3n) is 4.35. The summed E-state index contributed by atoms with van der Waals surface area (Å²) in [6.07, 6.45) is -3.86. The number of ether oxygens (including phenoxy) is 4. The van der Waals surface area contributed by atoms with E-state index >= 15 is 0 Å². The molecule has 0 heterocycles. The second-order valence-electron chi connectivity index (χ2n) is 6.58. The van der Waals surface area contributed by atoms with E-state index in [4.69, 9.17) is 24.7 Å². The third-order valence-corrected chi connectivity index (χ3v) is 4.35. The highest BCUT2D eigenvalue weighted by Crippen LogP contribution is 2.48. The summed E-state index contributed by atoms with van der Waals surface area (Å²) in [5.74, 6) is -0.336. The van der Waals surface area contributed by atoms with Crippen molar-refractivity contribution in [3.63, 3.8) is 0 Å². The number of carbonyl (C=O) groups excluding carboxylic acids is 1. The van der Waals surface area contributed by atoms with E-state index in [-0.39, 0.29) is 41.0 Å². The molecular formula is C21H26ClF3N2O5. The van der Waals surface area contributed by atoms with Gasteiger partial charge in [-0.15, -0.1) is 12.4 Å². The molecule has 11 heteroatoms. The van der Waals surface area contributed by atoms with Crippen LogP contribution in [0.5, 0.6) is 28.7 Å². The van der Waals surface area contributed by atoms with Gasteiger partial charge in [-0.3, -0.25) is 4.79 Å². The smallest absolute Gasteiger partial charge is 0.406 e. The van der Waals surface area contributed by atoms with E-state index in [0.29, 0.717) is 23.6 Å². The Hall–Kier alpha value is -2.85. The fourth-order valence-electron chi connectivity index (χ4n) is 2.98. The average molecular weight is 479 g/mol. The first kappa shape index (κ1) is 27.2. The molecule has 0 bridgehead atoms. The fourth-order valence-corrected chi connectivity index (χ4v) is 2.98. The summed E-state index contributed by atoms with van der Waals surface area (Å²) in [5, 5.41) is 0. The van der Waals surface area contributed by atoms with E-state index in [1.54, 1.807) is 12.1 Å². The van der Waals surface area contributed by atoms with Crippen LogP contribution in [0.4, 0.5) is 13.2 Å². The number of hydrogen-bond donors (Lipinski definition) is 1. The molecule has 0 saturated carbocycles. The van der Waals surface area contributed by atoms with Gasteiger partial charge in [0.1, 0.15) is 12.3 Å². The Morgan fingerprint density at radius 3 is 2.03 bits per heavy atom. The number of nitrogens with two attached hydrogens (primary N) is 1. The van der Waals surface area contributed by atoms with Gasteiger partial charge in [0, 0.05) is 13.1 Å². The molecule has 2 rings (SSSR count). The Morgan fingerprint density at radius 1 is 1.00 bits per heavy atom. The summed E-state index contributed by atoms with van der Waals surface area (Å²) >= 11 is 0. The molecule has 178 valence electrons. The molecule has 0 aliphatic carbocycles. The summed E-state index contributed by atoms with van der Waals surface area (Å²) in [5.41, 5.74) is 6.39. The van der Waals surface area contributed by atoms with Gasteiger partial charge < -0.3 is 29.6 Å². The van der Waals surface area contributed by atoms with Crippen LogP contribution in [0.3, 0.4) is 0 Å². The van der Waals surface area contributed by atoms with Crippen LogP contribution in [0.15, 0.2) is 30.3 Å². The van der Waals surface area contributed by atoms with E-state index in [9.17, 15) is 18.0 Å². The lowest BCUT2D eigenvalue weighted by molar-refractivity contribution is -0.138. The minimum atomic E-state index is -4.56. The minimum absolute atomic E-state index is 0. The maximum absolute atomic E-state index is 12.8. The Morgan fingerprint density at radius 2 is 1.56 bits per heavy atom. The average Bonchev–Trinajstić information content (AvgIpc) is 2.72. The molecular weight excluding hydrogens is 453 g/mol. The van der Waals surface area contributed by atoms with Crippen molar-refractivity contribution in [2.75, 3.05) is 41.5 Å². The molecule has 0 spiro atoms. The summed E-state index contributed by atoms with van der Waals surface area (Å²) in [6.45, 7) is -0.928. The molecule has 0 aliphatic rings. The van der Waals surface area contributed by atoms with Gasteiger partial charge in [-0.1, -0.05) is 12.1 Å². The number of amides is 1. The summed E-state index contributed by atoms with van der Waals surface area (Å²) in [7, 11) is 5.00. The standard InChI is InChI=1S/C21H25F3N2O5.ClH/c1-26(12-21(22,23)24)20(27)15-11-16(18(29-3)19(30-4)17(15)28-2)31-14-7-5-13(6-8-14)9-10-25;/h5-8,11H,9-10,12,25H2,1-4H3;1H. The van der Waals surface area contributed by atoms with Gasteiger partial charge in [0.05, 0.1) is 26.9 Å². The zero-order valence-corrected chi connectivity index (χ0v) is 18.9. The summed E-state index contributed by atoms with van der Waals surface area (Å²) in [6, 6.07) is 8.34. The van der Waals surface area contributed by atoms with Crippen LogP contribution < -0.4 is 24.7 Å². The van der Waals surface area contributed by atoms with Crippen LogP contribution >= 0.6 is 12.4 Å². The molecule has 2 aromatic carbocycles. The van der Waals surface area contributed by atoms with Crippen molar-refractivity contribution in [2.24, 2.45) is 5.73 Å². The van der Waals surface area contributed by atoms with Gasteiger partial charge >= 0.3 is 6.18 Å². The highest BCUT2D eigenvalue weighted by atomic mass is 35.5. The van der Waals surface area contributed by atoms with E-state index in [2.05, 4.69) is 0 Å². The second-order valence-corrected chi connectivity index (χ2v) is 6.58. The zero-order valence-electron chi connectivity index (χ0n) is 18.1. The monoisotopic (exact) mass is 478 g/mol. The first-order chi connectivity index (χ1) is 14.6. The lowest BCUT2D eigenvalue weighted by atomic mass is 10.1. The molecule has 32 heavy (non-hydrogen) atoms. The fraction of sp³-hybridized carbons (Fsp3) is 0.381. The highest BCUT2D eigenvalue weighted by Gasteiger charge is 2.34. The highest BCUT2D eigenvalue weighted by molar-refractivity contribution is 5.99. The lowest BCUT2D eigenvalue weighted by Gasteiger charge is -2.23. The number of halogens is 4. The Bertz CT molecular complexity index is 908. The molecule has 7 nitrogen and oxygen atoms in total.